The number of carbonyl (C=O) groups is 8. The van der Waals surface area contributed by atoms with E-state index in [0.717, 1.165) is 5.56 Å². The lowest BCUT2D eigenvalue weighted by Gasteiger charge is -2.22. The summed E-state index contributed by atoms with van der Waals surface area (Å²) in [5.41, 5.74) is 22.5. The van der Waals surface area contributed by atoms with Gasteiger partial charge in [-0.3, -0.25) is 59.0 Å². The first-order valence-corrected chi connectivity index (χ1v) is 23.2. The van der Waals surface area contributed by atoms with E-state index < -0.39 is 97.4 Å². The Kier molecular flexibility index (Phi) is 29.5. The van der Waals surface area contributed by atoms with Crippen LogP contribution in [0.2, 0.25) is 0 Å². The van der Waals surface area contributed by atoms with Gasteiger partial charge in [-0.15, -0.1) is 0 Å². The van der Waals surface area contributed by atoms with Crippen LogP contribution in [0.1, 0.15) is 64.4 Å². The van der Waals surface area contributed by atoms with Crippen LogP contribution < -0.4 is 65.5 Å². The van der Waals surface area contributed by atoms with Gasteiger partial charge in [0.2, 0.25) is 0 Å². The molecule has 386 valence electrons. The number of rotatable bonds is 12. The molecular formula is C45H74F2N14O8. The van der Waals surface area contributed by atoms with E-state index in [0.29, 0.717) is 19.3 Å². The fraction of sp³-hybridized carbons (Fsp3) is 0.644. The molecule has 1 aromatic rings. The Balaban J connectivity index is 2.26. The van der Waals surface area contributed by atoms with Gasteiger partial charge in [-0.05, 0) is 50.0 Å². The lowest BCUT2D eigenvalue weighted by atomic mass is 9.98. The fourth-order valence-electron chi connectivity index (χ4n) is 7.04. The highest BCUT2D eigenvalue weighted by atomic mass is 19.1. The molecule has 0 saturated carbocycles. The van der Waals surface area contributed by atoms with E-state index in [1.165, 1.54) is 0 Å². The predicted octanol–water partition coefficient (Wildman–Crippen LogP) is -3.49. The van der Waals surface area contributed by atoms with Crippen molar-refractivity contribution in [2.24, 2.45) is 38.8 Å². The van der Waals surface area contributed by atoms with Crippen molar-refractivity contribution in [2.75, 3.05) is 78.5 Å². The van der Waals surface area contributed by atoms with Crippen LogP contribution in [-0.4, -0.2) is 173 Å². The number of carbonyl (C=O) groups excluding carboxylic acids is 8. The molecule has 0 radical (unpaired) electrons. The molecular weight excluding hydrogens is 903 g/mol. The van der Waals surface area contributed by atoms with Gasteiger partial charge in [0.15, 0.2) is 70.8 Å². The average molecular weight is 977 g/mol. The van der Waals surface area contributed by atoms with E-state index in [-0.39, 0.29) is 114 Å². The van der Waals surface area contributed by atoms with Crippen LogP contribution >= 0.6 is 0 Å². The van der Waals surface area contributed by atoms with Gasteiger partial charge in [0.25, 0.3) is 0 Å². The van der Waals surface area contributed by atoms with Gasteiger partial charge in [-0.2, -0.15) is 0 Å². The molecule has 1 aliphatic rings. The number of Topliss-reactive ketones (excluding diaryl/α,β-unsaturated/α-hetero) is 8. The molecule has 0 aliphatic carbocycles. The molecule has 1 fully saturated rings. The molecule has 16 N–H and O–H groups in total. The van der Waals surface area contributed by atoms with Gasteiger partial charge in [0, 0.05) is 13.1 Å². The van der Waals surface area contributed by atoms with E-state index in [4.69, 9.17) is 22.9 Å². The topological polar surface area (TPSA) is 362 Å². The maximum Gasteiger partial charge on any atom is 0.185 e. The van der Waals surface area contributed by atoms with Crippen molar-refractivity contribution in [3.05, 3.63) is 35.9 Å². The van der Waals surface area contributed by atoms with Crippen LogP contribution in [0.5, 0.6) is 0 Å². The number of hydrogen-bond acceptors (Lipinski definition) is 18. The summed E-state index contributed by atoms with van der Waals surface area (Å²) in [6.45, 7) is 0.615. The quantitative estimate of drug-likeness (QED) is 0.0419. The molecule has 1 aliphatic heterocycles. The van der Waals surface area contributed by atoms with Gasteiger partial charge >= 0.3 is 0 Å². The minimum absolute atomic E-state index is 0.0325. The molecule has 1 heterocycles. The first kappa shape index (κ1) is 59.8. The largest absolute Gasteiger partial charge is 0.370 e. The summed E-state index contributed by atoms with van der Waals surface area (Å²) in [7, 11) is 0. The molecule has 2 rings (SSSR count). The monoisotopic (exact) mass is 977 g/mol. The Morgan fingerprint density at radius 2 is 0.913 bits per heavy atom. The Morgan fingerprint density at radius 3 is 1.38 bits per heavy atom. The van der Waals surface area contributed by atoms with E-state index in [1.54, 1.807) is 12.1 Å². The molecule has 1 saturated heterocycles. The van der Waals surface area contributed by atoms with Crippen molar-refractivity contribution >= 4 is 58.2 Å². The summed E-state index contributed by atoms with van der Waals surface area (Å²) in [5, 5.41) is 22.0. The van der Waals surface area contributed by atoms with Crippen molar-refractivity contribution in [3.8, 4) is 0 Å². The van der Waals surface area contributed by atoms with Crippen LogP contribution in [0.25, 0.3) is 0 Å². The summed E-state index contributed by atoms with van der Waals surface area (Å²) < 4.78 is 29.8. The molecule has 0 spiro atoms. The van der Waals surface area contributed by atoms with E-state index >= 15 is 0 Å². The molecule has 2 unspecified atom stereocenters. The zero-order valence-electron chi connectivity index (χ0n) is 39.8. The van der Waals surface area contributed by atoms with Crippen LogP contribution in [-0.2, 0) is 44.8 Å². The number of aliphatic imine (C=N–C) groups is 2. The average Bonchev–Trinajstić information content (AvgIpc) is 3.29. The second-order valence-electron chi connectivity index (χ2n) is 17.3. The molecule has 0 aromatic heterocycles. The third-order valence-electron chi connectivity index (χ3n) is 10.7. The first-order valence-electron chi connectivity index (χ1n) is 23.2. The van der Waals surface area contributed by atoms with Crippen LogP contribution in [0.3, 0.4) is 0 Å². The minimum Gasteiger partial charge on any atom is -0.370 e. The number of alkyl halides is 2. The summed E-state index contributed by atoms with van der Waals surface area (Å²) in [6.07, 6.45) is -3.45. The predicted molar refractivity (Wildman–Crippen MR) is 257 cm³/mol. The molecule has 69 heavy (non-hydrogen) atoms. The smallest absolute Gasteiger partial charge is 0.185 e. The van der Waals surface area contributed by atoms with Gasteiger partial charge in [0.1, 0.15) is 0 Å². The van der Waals surface area contributed by atoms with Crippen molar-refractivity contribution in [3.63, 3.8) is 0 Å². The van der Waals surface area contributed by atoms with Crippen LogP contribution in [0, 0.1) is 5.92 Å². The highest BCUT2D eigenvalue weighted by Gasteiger charge is 2.27. The third-order valence-corrected chi connectivity index (χ3v) is 10.7. The first-order chi connectivity index (χ1) is 32.8. The lowest BCUT2D eigenvalue weighted by molar-refractivity contribution is -0.125. The number of benzene rings is 1. The number of ketones is 8. The maximum atomic E-state index is 14.9. The molecule has 22 nitrogen and oxygen atoms in total. The summed E-state index contributed by atoms with van der Waals surface area (Å²) in [6, 6.07) is 5.55. The molecule has 1 aromatic carbocycles. The maximum absolute atomic E-state index is 14.9. The highest BCUT2D eigenvalue weighted by Crippen LogP contribution is 2.09. The second-order valence-corrected chi connectivity index (χ2v) is 17.3. The van der Waals surface area contributed by atoms with Crippen molar-refractivity contribution in [2.45, 2.75) is 102 Å². The van der Waals surface area contributed by atoms with Crippen molar-refractivity contribution < 1.29 is 47.1 Å². The summed E-state index contributed by atoms with van der Waals surface area (Å²) in [4.78, 5) is 113. The number of nitrogens with one attached hydrogen (secondary N) is 8. The fourth-order valence-corrected chi connectivity index (χ4v) is 7.04. The Bertz CT molecular complexity index is 1870. The Labute approximate surface area is 402 Å². The van der Waals surface area contributed by atoms with E-state index in [9.17, 15) is 47.1 Å². The molecule has 24 heteroatoms. The third kappa shape index (κ3) is 28.1. The van der Waals surface area contributed by atoms with E-state index in [1.807, 2.05) is 32.0 Å². The van der Waals surface area contributed by atoms with E-state index in [2.05, 4.69) is 52.5 Å². The second kappa shape index (κ2) is 34.0. The number of halogens is 2. The molecule has 0 amide bonds. The Hall–Kier alpha value is -5.34. The summed E-state index contributed by atoms with van der Waals surface area (Å²) >= 11 is 0. The zero-order chi connectivity index (χ0) is 51.1. The normalized spacial score (nSPS) is 24.4. The number of hydrogen-bond donors (Lipinski definition) is 12. The van der Waals surface area contributed by atoms with Gasteiger partial charge in [0.05, 0.1) is 102 Å². The zero-order valence-corrected chi connectivity index (χ0v) is 39.8. The van der Waals surface area contributed by atoms with Crippen molar-refractivity contribution in [1.29, 1.82) is 0 Å². The van der Waals surface area contributed by atoms with Crippen LogP contribution in [0.4, 0.5) is 8.78 Å². The minimum atomic E-state index is -1.91. The standard InChI is InChI=1S/C45H74F2N14O8/c1-28(2)14-36-41(69)27-59-37(15-29-8-4-3-5-9-29)39(67)25-53-19-31(63)17-42(46)60-22-32(64)20-56-35(11-7-13-55-45(50)51)40(68)26-58-34(10-6-12-54-44(48)49)38(66)24-52-18-30(62)16-43(47)61-23-33(65)21-57-36/h3-5,8-9,28,34-37,42-43,52-53,56-61H,6-7,10-27H2,1-2H3,(H4,48,49,54)(H4,50,51,55)/t34-,35-,36-,37-,42?,43?/m0/s1. The molecule has 6 atom stereocenters. The summed E-state index contributed by atoms with van der Waals surface area (Å²) in [5.74, 6) is -4.01. The highest BCUT2D eigenvalue weighted by molar-refractivity contribution is 5.92. The Morgan fingerprint density at radius 1 is 0.522 bits per heavy atom. The number of guanidine groups is 2. The number of nitrogens with zero attached hydrogens (tertiary/aromatic N) is 2. The number of nitrogens with two attached hydrogens (primary N) is 4. The lowest BCUT2D eigenvalue weighted by Crippen LogP contribution is -2.50. The molecule has 0 bridgehead atoms. The van der Waals surface area contributed by atoms with Gasteiger partial charge in [-0.1, -0.05) is 44.2 Å². The van der Waals surface area contributed by atoms with Crippen molar-refractivity contribution in [1.82, 2.24) is 42.5 Å². The van der Waals surface area contributed by atoms with Crippen LogP contribution in [0.15, 0.2) is 40.3 Å². The van der Waals surface area contributed by atoms with Gasteiger partial charge < -0.3 is 54.8 Å². The van der Waals surface area contributed by atoms with Gasteiger partial charge in [-0.25, -0.2) is 8.78 Å². The SMILES string of the molecule is CC(C)C[C@@H]1NCC(=O)CNC(F)CC(=O)CNCC(=O)[C@H](CCCN=C(N)N)NCC(=O)[C@H](CCCN=C(N)N)NCC(=O)CNC(F)CC(=O)CNCC(=O)[C@H](Cc2ccccc2)NCC1=O.